The van der Waals surface area contributed by atoms with E-state index < -0.39 is 5.97 Å². The molecule has 0 amide bonds. The lowest BCUT2D eigenvalue weighted by Crippen LogP contribution is -2.02. The van der Waals surface area contributed by atoms with E-state index in [0.29, 0.717) is 12.1 Å². The summed E-state index contributed by atoms with van der Waals surface area (Å²) in [6.07, 6.45) is 1.90. The van der Waals surface area contributed by atoms with Crippen molar-refractivity contribution in [1.82, 2.24) is 9.55 Å². The maximum atomic E-state index is 11.2. The summed E-state index contributed by atoms with van der Waals surface area (Å²) in [5.74, 6) is -0.901. The zero-order valence-electron chi connectivity index (χ0n) is 11.1. The quantitative estimate of drug-likeness (QED) is 0.792. The van der Waals surface area contributed by atoms with Crippen LogP contribution in [0.4, 0.5) is 0 Å². The van der Waals surface area contributed by atoms with Crippen molar-refractivity contribution in [2.75, 3.05) is 0 Å². The number of aromatic nitrogens is 2. The Morgan fingerprint density at radius 3 is 2.75 bits per heavy atom. The highest BCUT2D eigenvalue weighted by molar-refractivity contribution is 6.02. The van der Waals surface area contributed by atoms with Gasteiger partial charge in [-0.15, -0.1) is 0 Å². The molecule has 2 aromatic heterocycles. The highest BCUT2D eigenvalue weighted by atomic mass is 16.4. The lowest BCUT2D eigenvalue weighted by atomic mass is 10.1. The summed E-state index contributed by atoms with van der Waals surface area (Å²) < 4.78 is 2.02. The summed E-state index contributed by atoms with van der Waals surface area (Å²) in [6.45, 7) is 2.59. The monoisotopic (exact) mass is 266 g/mol. The van der Waals surface area contributed by atoms with E-state index in [9.17, 15) is 9.90 Å². The third-order valence-electron chi connectivity index (χ3n) is 3.32. The molecule has 3 rings (SSSR count). The molecule has 1 N–H and O–H groups in total. The van der Waals surface area contributed by atoms with Gasteiger partial charge in [-0.2, -0.15) is 0 Å². The van der Waals surface area contributed by atoms with Crippen molar-refractivity contribution in [3.63, 3.8) is 0 Å². The van der Waals surface area contributed by atoms with E-state index in [1.807, 2.05) is 48.0 Å². The second-order valence-electron chi connectivity index (χ2n) is 4.76. The number of benzene rings is 1. The molecule has 0 atom stereocenters. The number of fused-ring (bicyclic) bond motifs is 1. The third kappa shape index (κ3) is 2.16. The van der Waals surface area contributed by atoms with Crippen molar-refractivity contribution >= 4 is 16.9 Å². The molecular weight excluding hydrogens is 252 g/mol. The van der Waals surface area contributed by atoms with E-state index in [2.05, 4.69) is 4.98 Å². The molecular formula is C16H14N2O2. The fraction of sp³-hybridized carbons (Fsp3) is 0.125. The number of carbonyl (C=O) groups is 1. The minimum atomic E-state index is -0.901. The first-order chi connectivity index (χ1) is 9.65. The van der Waals surface area contributed by atoms with Crippen LogP contribution >= 0.6 is 0 Å². The summed E-state index contributed by atoms with van der Waals surface area (Å²) in [5, 5.41) is 9.95. The number of hydrogen-bond donors (Lipinski definition) is 1. The largest absolute Gasteiger partial charge is 0.478 e. The molecule has 1 aromatic carbocycles. The third-order valence-corrected chi connectivity index (χ3v) is 3.32. The molecule has 100 valence electrons. The van der Waals surface area contributed by atoms with Gasteiger partial charge in [0, 0.05) is 22.8 Å². The van der Waals surface area contributed by atoms with E-state index >= 15 is 0 Å². The molecule has 20 heavy (non-hydrogen) atoms. The van der Waals surface area contributed by atoms with Crippen molar-refractivity contribution < 1.29 is 9.90 Å². The van der Waals surface area contributed by atoms with Gasteiger partial charge in [0.15, 0.2) is 0 Å². The molecule has 4 heteroatoms. The molecule has 0 bridgehead atoms. The summed E-state index contributed by atoms with van der Waals surface area (Å²) in [5.41, 5.74) is 3.18. The predicted molar refractivity (Wildman–Crippen MR) is 77.0 cm³/mol. The van der Waals surface area contributed by atoms with E-state index in [4.69, 9.17) is 0 Å². The molecule has 0 aliphatic heterocycles. The normalized spacial score (nSPS) is 10.8. The molecule has 4 nitrogen and oxygen atoms in total. The molecule has 0 radical (unpaired) electrons. The van der Waals surface area contributed by atoms with E-state index in [1.165, 1.54) is 0 Å². The van der Waals surface area contributed by atoms with Crippen LogP contribution in [0.25, 0.3) is 10.9 Å². The summed E-state index contributed by atoms with van der Waals surface area (Å²) in [6, 6.07) is 13.1. The van der Waals surface area contributed by atoms with E-state index in [-0.39, 0.29) is 0 Å². The van der Waals surface area contributed by atoms with Crippen LogP contribution in [0.15, 0.2) is 48.7 Å². The first-order valence-corrected chi connectivity index (χ1v) is 6.39. The maximum Gasteiger partial charge on any atom is 0.336 e. The Kier molecular flexibility index (Phi) is 2.99. The van der Waals surface area contributed by atoms with Crippen LogP contribution in [0.5, 0.6) is 0 Å². The molecule has 2 heterocycles. The van der Waals surface area contributed by atoms with Gasteiger partial charge in [0.25, 0.3) is 0 Å². The first kappa shape index (κ1) is 12.4. The predicted octanol–water partition coefficient (Wildman–Crippen LogP) is 3.09. The standard InChI is InChI=1S/C16H14N2O2/c1-11-4-2-5-12(17-11)10-18-9-8-13-14(16(19)20)6-3-7-15(13)18/h2-9H,10H2,1H3,(H,19,20). The smallest absolute Gasteiger partial charge is 0.336 e. The van der Waals surface area contributed by atoms with Gasteiger partial charge in [-0.3, -0.25) is 4.98 Å². The second kappa shape index (κ2) is 4.81. The van der Waals surface area contributed by atoms with Crippen molar-refractivity contribution in [3.8, 4) is 0 Å². The number of pyridine rings is 1. The molecule has 0 aliphatic carbocycles. The van der Waals surface area contributed by atoms with Gasteiger partial charge in [0.1, 0.15) is 0 Å². The minimum absolute atomic E-state index is 0.332. The Balaban J connectivity index is 2.05. The fourth-order valence-corrected chi connectivity index (χ4v) is 2.41. The molecule has 3 aromatic rings. The Hall–Kier alpha value is -2.62. The Morgan fingerprint density at radius 2 is 2.00 bits per heavy atom. The summed E-state index contributed by atoms with van der Waals surface area (Å²) in [4.78, 5) is 15.7. The average Bonchev–Trinajstić information content (AvgIpc) is 2.82. The van der Waals surface area contributed by atoms with E-state index in [0.717, 1.165) is 22.3 Å². The first-order valence-electron chi connectivity index (χ1n) is 6.39. The summed E-state index contributed by atoms with van der Waals surface area (Å²) >= 11 is 0. The lowest BCUT2D eigenvalue weighted by Gasteiger charge is -2.06. The molecule has 0 unspecified atom stereocenters. The van der Waals surface area contributed by atoms with Crippen LogP contribution in [0.2, 0.25) is 0 Å². The Labute approximate surface area is 116 Å². The second-order valence-corrected chi connectivity index (χ2v) is 4.76. The van der Waals surface area contributed by atoms with Crippen LogP contribution in [0.3, 0.4) is 0 Å². The van der Waals surface area contributed by atoms with Crippen LogP contribution in [-0.4, -0.2) is 20.6 Å². The van der Waals surface area contributed by atoms with Gasteiger partial charge in [-0.1, -0.05) is 12.1 Å². The molecule has 0 saturated carbocycles. The molecule has 0 spiro atoms. The topological polar surface area (TPSA) is 55.1 Å². The van der Waals surface area contributed by atoms with Crippen LogP contribution in [0.1, 0.15) is 21.7 Å². The SMILES string of the molecule is Cc1cccc(Cn2ccc3c(C(=O)O)cccc32)n1. The number of hydrogen-bond acceptors (Lipinski definition) is 2. The van der Waals surface area contributed by atoms with Crippen LogP contribution in [-0.2, 0) is 6.54 Å². The van der Waals surface area contributed by atoms with E-state index in [1.54, 1.807) is 12.1 Å². The highest BCUT2D eigenvalue weighted by Crippen LogP contribution is 2.21. The van der Waals surface area contributed by atoms with Gasteiger partial charge >= 0.3 is 5.97 Å². The fourth-order valence-electron chi connectivity index (χ4n) is 2.41. The zero-order chi connectivity index (χ0) is 14.1. The molecule has 0 saturated heterocycles. The molecule has 0 aliphatic rings. The van der Waals surface area contributed by atoms with Gasteiger partial charge < -0.3 is 9.67 Å². The van der Waals surface area contributed by atoms with Crippen LogP contribution < -0.4 is 0 Å². The van der Waals surface area contributed by atoms with Crippen molar-refractivity contribution in [1.29, 1.82) is 0 Å². The van der Waals surface area contributed by atoms with Crippen molar-refractivity contribution in [3.05, 3.63) is 65.6 Å². The number of aromatic carboxylic acids is 1. The van der Waals surface area contributed by atoms with Gasteiger partial charge in [-0.05, 0) is 37.3 Å². The maximum absolute atomic E-state index is 11.2. The highest BCUT2D eigenvalue weighted by Gasteiger charge is 2.11. The Bertz CT molecular complexity index is 790. The average molecular weight is 266 g/mol. The van der Waals surface area contributed by atoms with Crippen molar-refractivity contribution in [2.24, 2.45) is 0 Å². The Morgan fingerprint density at radius 1 is 1.20 bits per heavy atom. The number of carboxylic acid groups (broad SMARTS) is 1. The van der Waals surface area contributed by atoms with Gasteiger partial charge in [-0.25, -0.2) is 4.79 Å². The lowest BCUT2D eigenvalue weighted by molar-refractivity contribution is 0.0699. The van der Waals surface area contributed by atoms with Crippen molar-refractivity contribution in [2.45, 2.75) is 13.5 Å². The summed E-state index contributed by atoms with van der Waals surface area (Å²) in [7, 11) is 0. The minimum Gasteiger partial charge on any atom is -0.478 e. The zero-order valence-corrected chi connectivity index (χ0v) is 11.1. The van der Waals surface area contributed by atoms with Gasteiger partial charge in [0.2, 0.25) is 0 Å². The molecule has 0 fully saturated rings. The number of carboxylic acids is 1. The number of rotatable bonds is 3. The number of aryl methyl sites for hydroxylation is 1. The number of nitrogens with zero attached hydrogens (tertiary/aromatic N) is 2. The van der Waals surface area contributed by atoms with Crippen LogP contribution in [0, 0.1) is 6.92 Å². The van der Waals surface area contributed by atoms with Gasteiger partial charge in [0.05, 0.1) is 17.8 Å².